The van der Waals surface area contributed by atoms with Crippen molar-refractivity contribution >= 4 is 46.1 Å². The van der Waals surface area contributed by atoms with Gasteiger partial charge in [-0.1, -0.05) is 41.4 Å². The molecule has 0 unspecified atom stereocenters. The zero-order valence-corrected chi connectivity index (χ0v) is 18.6. The molecule has 2 fully saturated rings. The molecule has 2 aromatic carbocycles. The molecule has 3 aromatic rings. The number of rotatable bonds is 4. The molecular formula is C23H24Cl2N4O2. The summed E-state index contributed by atoms with van der Waals surface area (Å²) in [5.41, 5.74) is 2.73. The van der Waals surface area contributed by atoms with Crippen molar-refractivity contribution in [3.63, 3.8) is 0 Å². The third-order valence-electron chi connectivity index (χ3n) is 6.12. The first-order valence-electron chi connectivity index (χ1n) is 10.7. The van der Waals surface area contributed by atoms with Crippen LogP contribution in [0.1, 0.15) is 19.3 Å². The van der Waals surface area contributed by atoms with Gasteiger partial charge in [0.25, 0.3) is 0 Å². The van der Waals surface area contributed by atoms with Gasteiger partial charge in [-0.2, -0.15) is 0 Å². The van der Waals surface area contributed by atoms with Crippen LogP contribution in [0.5, 0.6) is 0 Å². The van der Waals surface area contributed by atoms with Gasteiger partial charge in [-0.15, -0.1) is 0 Å². The van der Waals surface area contributed by atoms with Crippen LogP contribution < -0.4 is 10.2 Å². The molecule has 0 spiro atoms. The van der Waals surface area contributed by atoms with Crippen molar-refractivity contribution in [1.82, 2.24) is 14.9 Å². The smallest absolute Gasteiger partial charge is 0.223 e. The first-order valence-corrected chi connectivity index (χ1v) is 11.4. The van der Waals surface area contributed by atoms with Gasteiger partial charge in [0, 0.05) is 31.3 Å². The van der Waals surface area contributed by atoms with E-state index in [9.17, 15) is 4.79 Å². The molecule has 2 aliphatic heterocycles. The third kappa shape index (κ3) is 4.12. The van der Waals surface area contributed by atoms with Gasteiger partial charge in [-0.25, -0.2) is 4.98 Å². The van der Waals surface area contributed by atoms with E-state index in [0.717, 1.165) is 61.6 Å². The topological polar surface area (TPSA) is 59.4 Å². The Morgan fingerprint density at radius 3 is 2.52 bits per heavy atom. The van der Waals surface area contributed by atoms with Crippen LogP contribution in [0.3, 0.4) is 0 Å². The highest BCUT2D eigenvalue weighted by Crippen LogP contribution is 2.34. The van der Waals surface area contributed by atoms with Gasteiger partial charge in [-0.3, -0.25) is 9.36 Å². The molecule has 31 heavy (non-hydrogen) atoms. The van der Waals surface area contributed by atoms with Crippen molar-refractivity contribution in [3.8, 4) is 5.69 Å². The first kappa shape index (κ1) is 20.6. The van der Waals surface area contributed by atoms with E-state index in [1.54, 1.807) is 0 Å². The minimum atomic E-state index is 0.0234. The lowest BCUT2D eigenvalue weighted by Gasteiger charge is -2.32. The molecule has 0 saturated carbocycles. The number of fused-ring (bicyclic) bond motifs is 1. The zero-order chi connectivity index (χ0) is 21.4. The number of hydrogen-bond donors (Lipinski definition) is 1. The van der Waals surface area contributed by atoms with Gasteiger partial charge >= 0.3 is 0 Å². The summed E-state index contributed by atoms with van der Waals surface area (Å²) < 4.78 is 7.49. The van der Waals surface area contributed by atoms with Crippen molar-refractivity contribution in [2.45, 2.75) is 25.3 Å². The van der Waals surface area contributed by atoms with Crippen molar-refractivity contribution in [1.29, 1.82) is 0 Å². The van der Waals surface area contributed by atoms with E-state index in [-0.39, 0.29) is 17.9 Å². The van der Waals surface area contributed by atoms with Crippen LogP contribution in [-0.4, -0.2) is 47.8 Å². The normalized spacial score (nSPS) is 19.8. The fraction of sp³-hybridized carbons (Fsp3) is 0.391. The second-order valence-electron chi connectivity index (χ2n) is 8.17. The van der Waals surface area contributed by atoms with Gasteiger partial charge in [-0.05, 0) is 43.5 Å². The molecule has 162 valence electrons. The predicted octanol–water partition coefficient (Wildman–Crippen LogP) is 4.45. The van der Waals surface area contributed by atoms with Crippen molar-refractivity contribution in [2.24, 2.45) is 5.92 Å². The summed E-state index contributed by atoms with van der Waals surface area (Å²) in [6.45, 7) is 2.87. The average molecular weight is 459 g/mol. The van der Waals surface area contributed by atoms with E-state index in [2.05, 4.69) is 26.9 Å². The van der Waals surface area contributed by atoms with Crippen LogP contribution in [0, 0.1) is 5.92 Å². The van der Waals surface area contributed by atoms with Crippen LogP contribution in [0.15, 0.2) is 42.5 Å². The molecule has 1 amide bonds. The van der Waals surface area contributed by atoms with E-state index in [1.165, 1.54) is 0 Å². The maximum Gasteiger partial charge on any atom is 0.223 e. The number of nitrogens with one attached hydrogen (secondary N) is 1. The molecule has 1 N–H and O–H groups in total. The molecule has 5 rings (SSSR count). The fourth-order valence-corrected chi connectivity index (χ4v) is 4.73. The van der Waals surface area contributed by atoms with Crippen molar-refractivity contribution in [2.75, 3.05) is 31.2 Å². The Labute approximate surface area is 191 Å². The monoisotopic (exact) mass is 458 g/mol. The Bertz CT molecular complexity index is 1090. The maximum absolute atomic E-state index is 12.7. The largest absolute Gasteiger partial charge is 0.379 e. The number of imidazole rings is 1. The van der Waals surface area contributed by atoms with Crippen LogP contribution in [0.25, 0.3) is 16.7 Å². The Morgan fingerprint density at radius 2 is 1.81 bits per heavy atom. The summed E-state index contributed by atoms with van der Waals surface area (Å²) in [7, 11) is 0. The molecule has 8 heteroatoms. The molecule has 6 nitrogen and oxygen atoms in total. The lowest BCUT2D eigenvalue weighted by atomic mass is 9.95. The van der Waals surface area contributed by atoms with E-state index in [0.29, 0.717) is 16.7 Å². The number of carbonyl (C=O) groups excluding carboxylic acids is 1. The SMILES string of the molecule is O=C(N[C@@H]1CCOC1)C1CCN(c2nc3cc(Cl)c(Cl)cc3n2-c2ccccc2)CC1. The number of para-hydroxylation sites is 1. The maximum atomic E-state index is 12.7. The highest BCUT2D eigenvalue weighted by Gasteiger charge is 2.30. The Morgan fingerprint density at radius 1 is 1.06 bits per heavy atom. The van der Waals surface area contributed by atoms with Crippen LogP contribution in [0.4, 0.5) is 5.95 Å². The fourth-order valence-electron chi connectivity index (χ4n) is 4.41. The Hall–Kier alpha value is -2.28. The van der Waals surface area contributed by atoms with Gasteiger partial charge < -0.3 is 15.0 Å². The highest BCUT2D eigenvalue weighted by molar-refractivity contribution is 6.42. The van der Waals surface area contributed by atoms with Crippen LogP contribution in [-0.2, 0) is 9.53 Å². The number of piperidine rings is 1. The molecule has 0 aliphatic carbocycles. The number of benzene rings is 2. The van der Waals surface area contributed by atoms with Gasteiger partial charge in [0.15, 0.2) is 0 Å². The summed E-state index contributed by atoms with van der Waals surface area (Å²) in [5, 5.41) is 4.14. The van der Waals surface area contributed by atoms with Crippen molar-refractivity contribution < 1.29 is 9.53 Å². The summed E-state index contributed by atoms with van der Waals surface area (Å²) >= 11 is 12.6. The third-order valence-corrected chi connectivity index (χ3v) is 6.84. The molecule has 0 bridgehead atoms. The molecule has 2 saturated heterocycles. The second kappa shape index (κ2) is 8.69. The number of aromatic nitrogens is 2. The quantitative estimate of drug-likeness (QED) is 0.626. The molecular weight excluding hydrogens is 435 g/mol. The number of amides is 1. The lowest BCUT2D eigenvalue weighted by molar-refractivity contribution is -0.126. The number of ether oxygens (including phenoxy) is 1. The lowest BCUT2D eigenvalue weighted by Crippen LogP contribution is -2.44. The van der Waals surface area contributed by atoms with Gasteiger partial charge in [0.05, 0.1) is 33.7 Å². The molecule has 1 aromatic heterocycles. The number of halogens is 2. The second-order valence-corrected chi connectivity index (χ2v) is 8.98. The summed E-state index contributed by atoms with van der Waals surface area (Å²) in [5.74, 6) is 1.02. The molecule has 3 heterocycles. The average Bonchev–Trinajstić information content (AvgIpc) is 3.42. The minimum absolute atomic E-state index is 0.0234. The molecule has 2 aliphatic rings. The van der Waals surface area contributed by atoms with E-state index in [4.69, 9.17) is 32.9 Å². The number of anilines is 1. The number of nitrogens with zero attached hydrogens (tertiary/aromatic N) is 3. The molecule has 0 radical (unpaired) electrons. The number of carbonyl (C=O) groups is 1. The van der Waals surface area contributed by atoms with E-state index in [1.807, 2.05) is 30.3 Å². The van der Waals surface area contributed by atoms with Crippen LogP contribution >= 0.6 is 23.2 Å². The predicted molar refractivity (Wildman–Crippen MR) is 123 cm³/mol. The zero-order valence-electron chi connectivity index (χ0n) is 17.1. The van der Waals surface area contributed by atoms with E-state index >= 15 is 0 Å². The summed E-state index contributed by atoms with van der Waals surface area (Å²) in [4.78, 5) is 19.8. The summed E-state index contributed by atoms with van der Waals surface area (Å²) in [6, 6.07) is 13.9. The van der Waals surface area contributed by atoms with Gasteiger partial charge in [0.2, 0.25) is 11.9 Å². The summed E-state index contributed by atoms with van der Waals surface area (Å²) in [6.07, 6.45) is 2.48. The van der Waals surface area contributed by atoms with Crippen molar-refractivity contribution in [3.05, 3.63) is 52.5 Å². The Balaban J connectivity index is 1.41. The number of hydrogen-bond acceptors (Lipinski definition) is 4. The highest BCUT2D eigenvalue weighted by atomic mass is 35.5. The Kier molecular flexibility index (Phi) is 5.78. The standard InChI is InChI=1S/C23H24Cl2N4O2/c24-18-12-20-21(13-19(18)25)29(17-4-2-1-3-5-17)23(27-20)28-9-6-15(7-10-28)22(30)26-16-8-11-31-14-16/h1-5,12-13,15-16H,6-11,14H2,(H,26,30)/t16-/m1/s1. The van der Waals surface area contributed by atoms with E-state index < -0.39 is 0 Å². The van der Waals surface area contributed by atoms with Crippen LogP contribution in [0.2, 0.25) is 10.0 Å². The molecule has 1 atom stereocenters. The minimum Gasteiger partial charge on any atom is -0.379 e. The van der Waals surface area contributed by atoms with Gasteiger partial charge in [0.1, 0.15) is 0 Å². The first-order chi connectivity index (χ1) is 15.1.